The van der Waals surface area contributed by atoms with Gasteiger partial charge in [-0.25, -0.2) is 10.2 Å². The Bertz CT molecular complexity index is 403. The lowest BCUT2D eigenvalue weighted by Crippen LogP contribution is -2.36. The summed E-state index contributed by atoms with van der Waals surface area (Å²) < 4.78 is 0. The Morgan fingerprint density at radius 2 is 0.657 bits per heavy atom. The highest BCUT2D eigenvalue weighted by Crippen LogP contribution is 2.16. The summed E-state index contributed by atoms with van der Waals surface area (Å²) in [5.74, 6) is 0. The molecule has 210 valence electrons. The zero-order valence-electron chi connectivity index (χ0n) is 23.9. The second-order valence-corrected chi connectivity index (χ2v) is 10.9. The van der Waals surface area contributed by atoms with E-state index in [0.717, 1.165) is 13.0 Å². The standard InChI is InChI=1S/C31H64N2O2/c1-2-3-4-5-6-7-8-9-10-11-12-13-14-15-16-17-18-19-20-21-22-23-24-25-26-27-28-29-30-32-33-31(34)35/h32-33H,2-30H2,1H3,(H,34,35). The Kier molecular flexibility index (Phi) is 30.6. The Balaban J connectivity index is 3.01. The minimum atomic E-state index is -1.01. The van der Waals surface area contributed by atoms with E-state index in [9.17, 15) is 4.79 Å². The molecule has 0 aliphatic rings. The van der Waals surface area contributed by atoms with Crippen molar-refractivity contribution in [2.45, 2.75) is 187 Å². The van der Waals surface area contributed by atoms with E-state index in [-0.39, 0.29) is 0 Å². The molecule has 0 unspecified atom stereocenters. The molecule has 0 aromatic heterocycles. The fraction of sp³-hybridized carbons (Fsp3) is 0.968. The first-order chi connectivity index (χ1) is 17.3. The second-order valence-electron chi connectivity index (χ2n) is 10.9. The molecule has 4 nitrogen and oxygen atoms in total. The number of carboxylic acid groups (broad SMARTS) is 1. The number of amides is 1. The molecule has 3 N–H and O–H groups in total. The Morgan fingerprint density at radius 3 is 0.886 bits per heavy atom. The maximum Gasteiger partial charge on any atom is 0.419 e. The molecule has 0 heterocycles. The number of unbranched alkanes of at least 4 members (excludes halogenated alkanes) is 27. The molecule has 35 heavy (non-hydrogen) atoms. The minimum Gasteiger partial charge on any atom is -0.464 e. The van der Waals surface area contributed by atoms with Gasteiger partial charge in [-0.15, -0.1) is 0 Å². The summed E-state index contributed by atoms with van der Waals surface area (Å²) in [4.78, 5) is 10.3. The van der Waals surface area contributed by atoms with E-state index in [0.29, 0.717) is 0 Å². The quantitative estimate of drug-likeness (QED) is 0.0684. The maximum absolute atomic E-state index is 10.3. The SMILES string of the molecule is CCCCCCCCCCCCCCCCCCCCCCCCCCCCCCNNC(=O)O. The van der Waals surface area contributed by atoms with Crippen LogP contribution in [0.3, 0.4) is 0 Å². The molecule has 0 atom stereocenters. The Labute approximate surface area is 220 Å². The van der Waals surface area contributed by atoms with Gasteiger partial charge in [-0.1, -0.05) is 180 Å². The van der Waals surface area contributed by atoms with Crippen LogP contribution < -0.4 is 10.9 Å². The van der Waals surface area contributed by atoms with Crippen molar-refractivity contribution in [3.05, 3.63) is 0 Å². The van der Waals surface area contributed by atoms with Gasteiger partial charge in [0.1, 0.15) is 0 Å². The predicted molar refractivity (Wildman–Crippen MR) is 154 cm³/mol. The second kappa shape index (κ2) is 31.3. The summed E-state index contributed by atoms with van der Waals surface area (Å²) in [5.41, 5.74) is 4.89. The average molecular weight is 497 g/mol. The van der Waals surface area contributed by atoms with Gasteiger partial charge in [0.15, 0.2) is 0 Å². The first kappa shape index (κ1) is 34.2. The van der Waals surface area contributed by atoms with E-state index < -0.39 is 6.09 Å². The van der Waals surface area contributed by atoms with E-state index in [4.69, 9.17) is 5.11 Å². The summed E-state index contributed by atoms with van der Waals surface area (Å²) in [6, 6.07) is 0. The summed E-state index contributed by atoms with van der Waals surface area (Å²) in [6.45, 7) is 3.03. The molecule has 0 aromatic rings. The molecule has 4 heteroatoms. The summed E-state index contributed by atoms with van der Waals surface area (Å²) in [6.07, 6.45) is 38.5. The van der Waals surface area contributed by atoms with Gasteiger partial charge in [0, 0.05) is 6.54 Å². The zero-order valence-corrected chi connectivity index (χ0v) is 23.9. The van der Waals surface area contributed by atoms with Crippen molar-refractivity contribution < 1.29 is 9.90 Å². The number of rotatable bonds is 30. The van der Waals surface area contributed by atoms with E-state index >= 15 is 0 Å². The van der Waals surface area contributed by atoms with Crippen molar-refractivity contribution in [3.63, 3.8) is 0 Å². The lowest BCUT2D eigenvalue weighted by Gasteiger charge is -2.05. The lowest BCUT2D eigenvalue weighted by atomic mass is 10.0. The molecule has 0 bridgehead atoms. The van der Waals surface area contributed by atoms with Crippen molar-refractivity contribution in [1.82, 2.24) is 10.9 Å². The Hall–Kier alpha value is -0.770. The third-order valence-corrected chi connectivity index (χ3v) is 7.35. The van der Waals surface area contributed by atoms with E-state index in [1.807, 2.05) is 0 Å². The molecule has 0 saturated carbocycles. The fourth-order valence-corrected chi connectivity index (χ4v) is 5.02. The van der Waals surface area contributed by atoms with Crippen molar-refractivity contribution >= 4 is 6.09 Å². The van der Waals surface area contributed by atoms with Gasteiger partial charge in [-0.3, -0.25) is 5.43 Å². The van der Waals surface area contributed by atoms with Crippen LogP contribution in [-0.4, -0.2) is 17.7 Å². The van der Waals surface area contributed by atoms with E-state index in [2.05, 4.69) is 17.8 Å². The molecule has 0 aromatic carbocycles. The molecule has 1 amide bonds. The third-order valence-electron chi connectivity index (χ3n) is 7.35. The summed E-state index contributed by atoms with van der Waals surface area (Å²) in [5, 5.41) is 8.44. The van der Waals surface area contributed by atoms with Crippen molar-refractivity contribution in [2.75, 3.05) is 6.54 Å². The molecule has 0 aliphatic heterocycles. The largest absolute Gasteiger partial charge is 0.464 e. The number of carbonyl (C=O) groups is 1. The number of hydrogen-bond donors (Lipinski definition) is 3. The van der Waals surface area contributed by atoms with Crippen LogP contribution in [0, 0.1) is 0 Å². The van der Waals surface area contributed by atoms with Crippen LogP contribution in [0.2, 0.25) is 0 Å². The zero-order chi connectivity index (χ0) is 25.5. The molecule has 0 radical (unpaired) electrons. The highest BCUT2D eigenvalue weighted by atomic mass is 16.4. The van der Waals surface area contributed by atoms with Crippen LogP contribution in [0.25, 0.3) is 0 Å². The highest BCUT2D eigenvalue weighted by molar-refractivity contribution is 5.63. The van der Waals surface area contributed by atoms with E-state index in [1.54, 1.807) is 0 Å². The van der Waals surface area contributed by atoms with Crippen LogP contribution in [0.4, 0.5) is 4.79 Å². The highest BCUT2D eigenvalue weighted by Gasteiger charge is 1.97. The van der Waals surface area contributed by atoms with Gasteiger partial charge in [0.05, 0.1) is 0 Å². The van der Waals surface area contributed by atoms with Crippen molar-refractivity contribution in [1.29, 1.82) is 0 Å². The van der Waals surface area contributed by atoms with Crippen LogP contribution in [0.1, 0.15) is 187 Å². The fourth-order valence-electron chi connectivity index (χ4n) is 5.02. The Morgan fingerprint density at radius 1 is 0.429 bits per heavy atom. The molecule has 0 rings (SSSR count). The predicted octanol–water partition coefficient (Wildman–Crippen LogP) is 10.7. The normalized spacial score (nSPS) is 11.2. The van der Waals surface area contributed by atoms with Gasteiger partial charge in [0.25, 0.3) is 0 Å². The topological polar surface area (TPSA) is 61.4 Å². The van der Waals surface area contributed by atoms with Crippen LogP contribution in [0.5, 0.6) is 0 Å². The first-order valence-electron chi connectivity index (χ1n) is 16.0. The molecular weight excluding hydrogens is 432 g/mol. The monoisotopic (exact) mass is 496 g/mol. The van der Waals surface area contributed by atoms with Crippen LogP contribution >= 0.6 is 0 Å². The van der Waals surface area contributed by atoms with E-state index in [1.165, 1.54) is 173 Å². The van der Waals surface area contributed by atoms with Crippen molar-refractivity contribution in [3.8, 4) is 0 Å². The number of hydrazine groups is 1. The van der Waals surface area contributed by atoms with Gasteiger partial charge in [-0.2, -0.15) is 0 Å². The van der Waals surface area contributed by atoms with Crippen LogP contribution in [-0.2, 0) is 0 Å². The van der Waals surface area contributed by atoms with Gasteiger partial charge >= 0.3 is 6.09 Å². The smallest absolute Gasteiger partial charge is 0.419 e. The van der Waals surface area contributed by atoms with Gasteiger partial charge in [-0.05, 0) is 6.42 Å². The number of hydrogen-bond acceptors (Lipinski definition) is 2. The lowest BCUT2D eigenvalue weighted by molar-refractivity contribution is 0.189. The molecular formula is C31H64N2O2. The molecule has 0 aliphatic carbocycles. The van der Waals surface area contributed by atoms with Crippen molar-refractivity contribution in [2.24, 2.45) is 0 Å². The average Bonchev–Trinajstić information content (AvgIpc) is 2.85. The first-order valence-corrected chi connectivity index (χ1v) is 16.0. The molecule has 0 saturated heterocycles. The summed E-state index contributed by atoms with van der Waals surface area (Å²) >= 11 is 0. The molecule has 0 spiro atoms. The van der Waals surface area contributed by atoms with Gasteiger partial charge < -0.3 is 5.11 Å². The van der Waals surface area contributed by atoms with Crippen LogP contribution in [0.15, 0.2) is 0 Å². The summed E-state index contributed by atoms with van der Waals surface area (Å²) in [7, 11) is 0. The number of nitrogens with one attached hydrogen (secondary N) is 2. The minimum absolute atomic E-state index is 0.728. The third kappa shape index (κ3) is 33.2. The maximum atomic E-state index is 10.3. The van der Waals surface area contributed by atoms with Gasteiger partial charge in [0.2, 0.25) is 0 Å². The molecule has 0 fully saturated rings.